The lowest BCUT2D eigenvalue weighted by Gasteiger charge is -2.30. The van der Waals surface area contributed by atoms with Gasteiger partial charge in [-0.15, -0.1) is 12.4 Å². The first-order chi connectivity index (χ1) is 15.1. The van der Waals surface area contributed by atoms with Gasteiger partial charge < -0.3 is 24.3 Å². The van der Waals surface area contributed by atoms with Crippen molar-refractivity contribution in [3.05, 3.63) is 59.3 Å². The van der Waals surface area contributed by atoms with Gasteiger partial charge in [-0.2, -0.15) is 0 Å². The van der Waals surface area contributed by atoms with Crippen molar-refractivity contribution in [2.24, 2.45) is 0 Å². The number of hydrogen-bond acceptors (Lipinski definition) is 4. The van der Waals surface area contributed by atoms with E-state index in [1.54, 1.807) is 14.2 Å². The van der Waals surface area contributed by atoms with Crippen LogP contribution in [0, 0.1) is 0 Å². The number of para-hydroxylation sites is 1. The number of aromatic amines is 1. The van der Waals surface area contributed by atoms with Crippen LogP contribution in [0.25, 0.3) is 10.9 Å². The molecule has 0 bridgehead atoms. The number of halogens is 1. The maximum absolute atomic E-state index is 13.0. The maximum atomic E-state index is 13.0. The highest BCUT2D eigenvalue weighted by Gasteiger charge is 2.26. The monoisotopic (exact) mass is 457 g/mol. The first-order valence-corrected chi connectivity index (χ1v) is 10.9. The molecule has 4 rings (SSSR count). The summed E-state index contributed by atoms with van der Waals surface area (Å²) in [6, 6.07) is 12.2. The highest BCUT2D eigenvalue weighted by Crippen LogP contribution is 2.33. The molecule has 0 saturated heterocycles. The van der Waals surface area contributed by atoms with Crippen LogP contribution in [0.5, 0.6) is 11.5 Å². The van der Waals surface area contributed by atoms with Gasteiger partial charge in [0, 0.05) is 42.3 Å². The van der Waals surface area contributed by atoms with Gasteiger partial charge in [-0.25, -0.2) is 0 Å². The summed E-state index contributed by atoms with van der Waals surface area (Å²) in [5.74, 6) is 1.37. The van der Waals surface area contributed by atoms with Crippen LogP contribution in [0.15, 0.2) is 42.6 Å². The molecule has 172 valence electrons. The molecular formula is C25H32ClN3O3. The van der Waals surface area contributed by atoms with Gasteiger partial charge in [0.25, 0.3) is 5.91 Å². The average molecular weight is 458 g/mol. The van der Waals surface area contributed by atoms with Crippen molar-refractivity contribution in [1.82, 2.24) is 14.8 Å². The van der Waals surface area contributed by atoms with Gasteiger partial charge in [0.2, 0.25) is 0 Å². The summed E-state index contributed by atoms with van der Waals surface area (Å²) in [7, 11) is 5.37. The van der Waals surface area contributed by atoms with E-state index in [1.807, 2.05) is 17.0 Å². The van der Waals surface area contributed by atoms with E-state index in [0.29, 0.717) is 11.5 Å². The number of ether oxygens (including phenoxy) is 2. The fourth-order valence-corrected chi connectivity index (χ4v) is 4.36. The Morgan fingerprint density at radius 2 is 1.84 bits per heavy atom. The normalized spacial score (nSPS) is 13.2. The van der Waals surface area contributed by atoms with Crippen LogP contribution in [-0.4, -0.2) is 68.1 Å². The van der Waals surface area contributed by atoms with E-state index in [-0.39, 0.29) is 18.3 Å². The molecular weight excluding hydrogens is 426 g/mol. The topological polar surface area (TPSA) is 57.8 Å². The largest absolute Gasteiger partial charge is 0.493 e. The average Bonchev–Trinajstić information content (AvgIpc) is 3.21. The lowest BCUT2D eigenvalue weighted by Crippen LogP contribution is -2.39. The van der Waals surface area contributed by atoms with E-state index in [0.717, 1.165) is 56.6 Å². The second kappa shape index (κ2) is 10.7. The van der Waals surface area contributed by atoms with E-state index in [4.69, 9.17) is 9.47 Å². The Hall–Kier alpha value is -2.70. The molecule has 32 heavy (non-hydrogen) atoms. The molecule has 1 aromatic heterocycles. The Balaban J connectivity index is 0.00000289. The van der Waals surface area contributed by atoms with Crippen LogP contribution >= 0.6 is 12.4 Å². The number of hydrogen-bond donors (Lipinski definition) is 1. The Kier molecular flexibility index (Phi) is 8.04. The fourth-order valence-electron chi connectivity index (χ4n) is 4.36. The summed E-state index contributed by atoms with van der Waals surface area (Å²) in [6.45, 7) is 3.48. The van der Waals surface area contributed by atoms with Crippen LogP contribution in [0.4, 0.5) is 0 Å². The van der Waals surface area contributed by atoms with Gasteiger partial charge >= 0.3 is 0 Å². The first-order valence-electron chi connectivity index (χ1n) is 10.9. The second-order valence-electron chi connectivity index (χ2n) is 8.17. The van der Waals surface area contributed by atoms with Gasteiger partial charge in [0.05, 0.1) is 14.2 Å². The molecule has 0 atom stereocenters. The maximum Gasteiger partial charge on any atom is 0.254 e. The third kappa shape index (κ3) is 5.03. The molecule has 0 fully saturated rings. The predicted octanol–water partition coefficient (Wildman–Crippen LogP) is 4.17. The summed E-state index contributed by atoms with van der Waals surface area (Å²) in [5.41, 5.74) is 4.32. The number of H-pyrrole nitrogens is 1. The van der Waals surface area contributed by atoms with Crippen LogP contribution < -0.4 is 9.47 Å². The third-order valence-corrected chi connectivity index (χ3v) is 6.18. The van der Waals surface area contributed by atoms with Gasteiger partial charge in [-0.1, -0.05) is 18.2 Å². The lowest BCUT2D eigenvalue weighted by molar-refractivity contribution is 0.0732. The number of methoxy groups -OCH3 is 2. The zero-order valence-corrected chi connectivity index (χ0v) is 19.8. The number of nitrogens with one attached hydrogen (secondary N) is 1. The Bertz CT molecular complexity index is 1070. The fraction of sp³-hybridized carbons (Fsp3) is 0.400. The highest BCUT2D eigenvalue weighted by molar-refractivity contribution is 5.97. The van der Waals surface area contributed by atoms with E-state index in [1.165, 1.54) is 16.5 Å². The van der Waals surface area contributed by atoms with Gasteiger partial charge in [0.15, 0.2) is 11.5 Å². The summed E-state index contributed by atoms with van der Waals surface area (Å²) in [5, 5.41) is 1.31. The van der Waals surface area contributed by atoms with Crippen molar-refractivity contribution < 1.29 is 14.3 Å². The number of carbonyl (C=O) groups is 1. The molecule has 2 heterocycles. The molecule has 1 N–H and O–H groups in total. The van der Waals surface area contributed by atoms with Crippen molar-refractivity contribution in [1.29, 1.82) is 0 Å². The number of likely N-dealkylation sites (N-methyl/N-ethyl adjacent to an activating group) is 1. The quantitative estimate of drug-likeness (QED) is 0.524. The van der Waals surface area contributed by atoms with Crippen LogP contribution in [-0.2, 0) is 12.8 Å². The number of aromatic nitrogens is 1. The molecule has 0 spiro atoms. The number of amides is 1. The van der Waals surface area contributed by atoms with E-state index in [2.05, 4.69) is 47.4 Å². The molecule has 1 aliphatic heterocycles. The van der Waals surface area contributed by atoms with E-state index < -0.39 is 0 Å². The summed E-state index contributed by atoms with van der Waals surface area (Å²) >= 11 is 0. The zero-order valence-electron chi connectivity index (χ0n) is 19.0. The molecule has 0 aliphatic carbocycles. The zero-order chi connectivity index (χ0) is 21.8. The van der Waals surface area contributed by atoms with E-state index in [9.17, 15) is 4.79 Å². The van der Waals surface area contributed by atoms with Crippen molar-refractivity contribution in [2.75, 3.05) is 47.4 Å². The molecule has 1 amide bonds. The summed E-state index contributed by atoms with van der Waals surface area (Å²) in [4.78, 5) is 20.6. The Labute approximate surface area is 195 Å². The second-order valence-corrected chi connectivity index (χ2v) is 8.17. The number of nitrogens with zero attached hydrogens (tertiary/aromatic N) is 2. The minimum absolute atomic E-state index is 0. The van der Waals surface area contributed by atoms with Crippen LogP contribution in [0.1, 0.15) is 27.9 Å². The molecule has 0 saturated carbocycles. The Morgan fingerprint density at radius 1 is 1.09 bits per heavy atom. The van der Waals surface area contributed by atoms with Crippen molar-refractivity contribution >= 4 is 29.2 Å². The highest BCUT2D eigenvalue weighted by atomic mass is 35.5. The minimum Gasteiger partial charge on any atom is -0.493 e. The van der Waals surface area contributed by atoms with Crippen molar-refractivity contribution in [2.45, 2.75) is 19.3 Å². The molecule has 2 aromatic carbocycles. The SMILES string of the molecule is COc1cc2c(cc1OC)C(=O)N(CCCN(C)CCc1c[nH]c3ccccc13)CC2.Cl. The number of fused-ring (bicyclic) bond motifs is 2. The smallest absolute Gasteiger partial charge is 0.254 e. The van der Waals surface area contributed by atoms with Crippen LogP contribution in [0.3, 0.4) is 0 Å². The summed E-state index contributed by atoms with van der Waals surface area (Å²) < 4.78 is 10.7. The molecule has 0 radical (unpaired) electrons. The molecule has 3 aromatic rings. The standard InChI is InChI=1S/C25H31N3O3.ClH/c1-27(13-9-19-17-26-22-8-5-4-7-20(19)22)11-6-12-28-14-10-18-15-23(30-2)24(31-3)16-21(18)25(28)29;/h4-5,7-8,15-17,26H,6,9-14H2,1-3H3;1H. The van der Waals surface area contributed by atoms with Gasteiger partial charge in [-0.05, 0) is 62.2 Å². The predicted molar refractivity (Wildman–Crippen MR) is 131 cm³/mol. The molecule has 1 aliphatic rings. The molecule has 0 unspecified atom stereocenters. The van der Waals surface area contributed by atoms with Crippen LogP contribution in [0.2, 0.25) is 0 Å². The van der Waals surface area contributed by atoms with Gasteiger partial charge in [-0.3, -0.25) is 4.79 Å². The minimum atomic E-state index is 0. The third-order valence-electron chi connectivity index (χ3n) is 6.18. The first kappa shape index (κ1) is 24.0. The Morgan fingerprint density at radius 3 is 2.62 bits per heavy atom. The molecule has 6 nitrogen and oxygen atoms in total. The summed E-state index contributed by atoms with van der Waals surface area (Å²) in [6.07, 6.45) is 4.93. The number of carbonyl (C=O) groups excluding carboxylic acids is 1. The number of rotatable bonds is 9. The van der Waals surface area contributed by atoms with E-state index >= 15 is 0 Å². The van der Waals surface area contributed by atoms with Crippen molar-refractivity contribution in [3.63, 3.8) is 0 Å². The lowest BCUT2D eigenvalue weighted by atomic mass is 9.98. The number of benzene rings is 2. The molecule has 7 heteroatoms. The van der Waals surface area contributed by atoms with Gasteiger partial charge in [0.1, 0.15) is 0 Å². The van der Waals surface area contributed by atoms with Crippen molar-refractivity contribution in [3.8, 4) is 11.5 Å².